The predicted octanol–water partition coefficient (Wildman–Crippen LogP) is 1.86. The first kappa shape index (κ1) is 15.5. The molecular weight excluding hydrogens is 280 g/mol. The molecule has 0 aromatic rings. The molecule has 1 heterocycles. The van der Waals surface area contributed by atoms with Gasteiger partial charge in [0, 0.05) is 12.0 Å². The molecule has 0 aromatic carbocycles. The molecular formula is C17H26N2O3. The summed E-state index contributed by atoms with van der Waals surface area (Å²) in [6, 6.07) is 0.214. The molecule has 3 fully saturated rings. The van der Waals surface area contributed by atoms with Gasteiger partial charge in [0.25, 0.3) is 0 Å². The van der Waals surface area contributed by atoms with Crippen LogP contribution in [0.15, 0.2) is 0 Å². The number of amides is 3. The minimum atomic E-state index is -0.529. The van der Waals surface area contributed by atoms with Crippen molar-refractivity contribution in [2.75, 3.05) is 6.54 Å². The van der Waals surface area contributed by atoms with Crippen LogP contribution in [0, 0.1) is 16.7 Å². The van der Waals surface area contributed by atoms with Crippen molar-refractivity contribution in [1.82, 2.24) is 10.2 Å². The second kappa shape index (κ2) is 5.07. The Morgan fingerprint density at radius 3 is 2.45 bits per heavy atom. The standard InChI is InChI=1S/C17H26N2O3/c1-16(2)12-8-9-17(16,3)15(22)19(14(12)21)10-13(20)18-11-6-4-5-7-11/h11-12H,4-10H2,1-3H3,(H,18,20). The van der Waals surface area contributed by atoms with Crippen molar-refractivity contribution in [3.05, 3.63) is 0 Å². The highest BCUT2D eigenvalue weighted by Crippen LogP contribution is 2.59. The highest BCUT2D eigenvalue weighted by Gasteiger charge is 2.64. The summed E-state index contributed by atoms with van der Waals surface area (Å²) in [5, 5.41) is 2.97. The Hall–Kier alpha value is -1.39. The first-order valence-electron chi connectivity index (χ1n) is 8.42. The number of fused-ring (bicyclic) bond motifs is 2. The van der Waals surface area contributed by atoms with E-state index in [9.17, 15) is 14.4 Å². The molecule has 1 N–H and O–H groups in total. The van der Waals surface area contributed by atoms with E-state index in [1.54, 1.807) is 0 Å². The fourth-order valence-electron chi connectivity index (χ4n) is 4.54. The van der Waals surface area contributed by atoms with Crippen LogP contribution in [0.4, 0.5) is 0 Å². The fraction of sp³-hybridized carbons (Fsp3) is 0.824. The highest BCUT2D eigenvalue weighted by molar-refractivity contribution is 6.06. The molecule has 0 radical (unpaired) electrons. The van der Waals surface area contributed by atoms with Gasteiger partial charge in [-0.3, -0.25) is 19.3 Å². The van der Waals surface area contributed by atoms with Gasteiger partial charge in [0.2, 0.25) is 17.7 Å². The summed E-state index contributed by atoms with van der Waals surface area (Å²) >= 11 is 0. The van der Waals surface area contributed by atoms with Crippen LogP contribution >= 0.6 is 0 Å². The van der Waals surface area contributed by atoms with Gasteiger partial charge in [0.15, 0.2) is 0 Å². The summed E-state index contributed by atoms with van der Waals surface area (Å²) < 4.78 is 0. The van der Waals surface area contributed by atoms with E-state index >= 15 is 0 Å². The molecule has 0 spiro atoms. The van der Waals surface area contributed by atoms with Crippen molar-refractivity contribution >= 4 is 17.7 Å². The second-order valence-corrected chi connectivity index (χ2v) is 7.92. The molecule has 1 saturated heterocycles. The molecule has 2 aliphatic carbocycles. The number of imide groups is 1. The lowest BCUT2D eigenvalue weighted by atomic mass is 9.62. The van der Waals surface area contributed by atoms with Crippen LogP contribution in [0.25, 0.3) is 0 Å². The molecule has 2 bridgehead atoms. The zero-order chi connectivity index (χ0) is 16.1. The molecule has 3 aliphatic rings. The summed E-state index contributed by atoms with van der Waals surface area (Å²) in [5.74, 6) is -0.671. The van der Waals surface area contributed by atoms with E-state index in [2.05, 4.69) is 5.32 Å². The Labute approximate surface area is 131 Å². The number of nitrogens with zero attached hydrogens (tertiary/aromatic N) is 1. The zero-order valence-corrected chi connectivity index (χ0v) is 13.8. The number of rotatable bonds is 3. The lowest BCUT2D eigenvalue weighted by Gasteiger charge is -2.47. The summed E-state index contributed by atoms with van der Waals surface area (Å²) in [4.78, 5) is 38.9. The first-order valence-corrected chi connectivity index (χ1v) is 8.42. The molecule has 0 aromatic heterocycles. The van der Waals surface area contributed by atoms with Gasteiger partial charge in [0.05, 0.1) is 5.41 Å². The van der Waals surface area contributed by atoms with Crippen molar-refractivity contribution in [3.63, 3.8) is 0 Å². The minimum absolute atomic E-state index is 0.115. The largest absolute Gasteiger partial charge is 0.352 e. The van der Waals surface area contributed by atoms with Crippen LogP contribution in [0.3, 0.4) is 0 Å². The Morgan fingerprint density at radius 2 is 1.82 bits per heavy atom. The summed E-state index contributed by atoms with van der Waals surface area (Å²) in [5.41, 5.74) is -0.848. The number of nitrogens with one attached hydrogen (secondary N) is 1. The quantitative estimate of drug-likeness (QED) is 0.809. The van der Waals surface area contributed by atoms with Crippen LogP contribution in [0.2, 0.25) is 0 Å². The number of carbonyl (C=O) groups is 3. The monoisotopic (exact) mass is 306 g/mol. The normalized spacial score (nSPS) is 34.3. The van der Waals surface area contributed by atoms with Crippen molar-refractivity contribution in [2.24, 2.45) is 16.7 Å². The molecule has 1 aliphatic heterocycles. The smallest absolute Gasteiger partial charge is 0.240 e. The van der Waals surface area contributed by atoms with E-state index in [4.69, 9.17) is 0 Å². The summed E-state index contributed by atoms with van der Waals surface area (Å²) in [7, 11) is 0. The predicted molar refractivity (Wildman–Crippen MR) is 81.7 cm³/mol. The van der Waals surface area contributed by atoms with E-state index in [1.165, 1.54) is 4.90 Å². The minimum Gasteiger partial charge on any atom is -0.352 e. The number of hydrogen-bond donors (Lipinski definition) is 1. The molecule has 5 nitrogen and oxygen atoms in total. The van der Waals surface area contributed by atoms with E-state index in [0.29, 0.717) is 0 Å². The topological polar surface area (TPSA) is 66.5 Å². The molecule has 2 atom stereocenters. The Morgan fingerprint density at radius 1 is 1.18 bits per heavy atom. The van der Waals surface area contributed by atoms with E-state index < -0.39 is 5.41 Å². The Balaban J connectivity index is 1.73. The van der Waals surface area contributed by atoms with Crippen molar-refractivity contribution in [2.45, 2.75) is 65.3 Å². The van der Waals surface area contributed by atoms with Gasteiger partial charge in [0.1, 0.15) is 6.54 Å². The third-order valence-corrected chi connectivity index (χ3v) is 6.53. The maximum Gasteiger partial charge on any atom is 0.240 e. The van der Waals surface area contributed by atoms with Crippen LogP contribution in [0.5, 0.6) is 0 Å². The third-order valence-electron chi connectivity index (χ3n) is 6.53. The van der Waals surface area contributed by atoms with Crippen molar-refractivity contribution in [1.29, 1.82) is 0 Å². The Bertz CT molecular complexity index is 522. The average Bonchev–Trinajstić information content (AvgIpc) is 3.00. The molecule has 22 heavy (non-hydrogen) atoms. The molecule has 3 amide bonds. The van der Waals surface area contributed by atoms with E-state index in [1.807, 2.05) is 20.8 Å². The van der Waals surface area contributed by atoms with Crippen LogP contribution in [0.1, 0.15) is 59.3 Å². The average molecular weight is 306 g/mol. The maximum atomic E-state index is 12.8. The number of carbonyl (C=O) groups excluding carboxylic acids is 3. The number of likely N-dealkylation sites (tertiary alicyclic amines) is 1. The molecule has 122 valence electrons. The number of piperidine rings is 1. The lowest BCUT2D eigenvalue weighted by molar-refractivity contribution is -0.169. The van der Waals surface area contributed by atoms with Gasteiger partial charge >= 0.3 is 0 Å². The maximum absolute atomic E-state index is 12.8. The second-order valence-electron chi connectivity index (χ2n) is 7.92. The van der Waals surface area contributed by atoms with Gasteiger partial charge < -0.3 is 5.32 Å². The molecule has 3 rings (SSSR count). The van der Waals surface area contributed by atoms with Gasteiger partial charge in [-0.1, -0.05) is 33.6 Å². The van der Waals surface area contributed by atoms with Gasteiger partial charge in [-0.2, -0.15) is 0 Å². The third kappa shape index (κ3) is 2.09. The van der Waals surface area contributed by atoms with Gasteiger partial charge in [-0.25, -0.2) is 0 Å². The molecule has 2 saturated carbocycles. The van der Waals surface area contributed by atoms with Gasteiger partial charge in [-0.15, -0.1) is 0 Å². The zero-order valence-electron chi connectivity index (χ0n) is 13.8. The van der Waals surface area contributed by atoms with Gasteiger partial charge in [-0.05, 0) is 31.1 Å². The number of hydrogen-bond acceptors (Lipinski definition) is 3. The van der Waals surface area contributed by atoms with Crippen LogP contribution in [-0.2, 0) is 14.4 Å². The van der Waals surface area contributed by atoms with Crippen LogP contribution < -0.4 is 5.32 Å². The highest BCUT2D eigenvalue weighted by atomic mass is 16.2. The molecule has 5 heteroatoms. The lowest BCUT2D eigenvalue weighted by Crippen LogP contribution is -2.60. The van der Waals surface area contributed by atoms with E-state index in [-0.39, 0.29) is 41.6 Å². The fourth-order valence-corrected chi connectivity index (χ4v) is 4.54. The Kier molecular flexibility index (Phi) is 3.57. The SMILES string of the molecule is CC12CCC(C(=O)N(CC(=O)NC3CCCC3)C1=O)C2(C)C. The van der Waals surface area contributed by atoms with Crippen molar-refractivity contribution in [3.8, 4) is 0 Å². The van der Waals surface area contributed by atoms with E-state index in [0.717, 1.165) is 38.5 Å². The summed E-state index contributed by atoms with van der Waals surface area (Å²) in [6.07, 6.45) is 5.76. The van der Waals surface area contributed by atoms with Crippen LogP contribution in [-0.4, -0.2) is 35.2 Å². The van der Waals surface area contributed by atoms with Crippen molar-refractivity contribution < 1.29 is 14.4 Å². The first-order chi connectivity index (χ1) is 10.3. The molecule has 2 unspecified atom stereocenters. The summed E-state index contributed by atoms with van der Waals surface area (Å²) in [6.45, 7) is 5.85.